The van der Waals surface area contributed by atoms with E-state index in [1.165, 1.54) is 13.2 Å². The Morgan fingerprint density at radius 1 is 0.935 bits per heavy atom. The fourth-order valence-corrected chi connectivity index (χ4v) is 2.63. The highest BCUT2D eigenvalue weighted by atomic mass is 35.5. The van der Waals surface area contributed by atoms with Crippen LogP contribution in [0.1, 0.15) is 46.9 Å². The molecule has 3 N–H and O–H groups in total. The van der Waals surface area contributed by atoms with E-state index < -0.39 is 11.8 Å². The Bertz CT molecular complexity index is 903. The second-order valence-electron chi connectivity index (χ2n) is 6.58. The standard InChI is InChI=1S/C22H26ClN3O5/c1-3-4-13-31-18-10-7-16(14-19(18)30-2)22(29)26-25-20(27)11-12-24-21(28)15-5-8-17(23)9-6-15/h5-10,14H,3-4,11-13H2,1-2H3,(H,24,28)(H,25,27)(H,26,29). The Kier molecular flexibility index (Phi) is 9.64. The summed E-state index contributed by atoms with van der Waals surface area (Å²) in [5.74, 6) is -0.289. The van der Waals surface area contributed by atoms with Crippen molar-refractivity contribution < 1.29 is 23.9 Å². The molecule has 3 amide bonds. The van der Waals surface area contributed by atoms with Gasteiger partial charge in [-0.15, -0.1) is 0 Å². The van der Waals surface area contributed by atoms with Crippen LogP contribution in [0.25, 0.3) is 0 Å². The molecule has 2 aromatic rings. The smallest absolute Gasteiger partial charge is 0.269 e. The molecular formula is C22H26ClN3O5. The van der Waals surface area contributed by atoms with Crippen LogP contribution in [-0.2, 0) is 4.79 Å². The lowest BCUT2D eigenvalue weighted by molar-refractivity contribution is -0.121. The molecule has 0 saturated heterocycles. The fraction of sp³-hybridized carbons (Fsp3) is 0.318. The summed E-state index contributed by atoms with van der Waals surface area (Å²) in [5.41, 5.74) is 5.39. The average molecular weight is 448 g/mol. The van der Waals surface area contributed by atoms with Crippen molar-refractivity contribution in [2.24, 2.45) is 0 Å². The van der Waals surface area contributed by atoms with E-state index >= 15 is 0 Å². The van der Waals surface area contributed by atoms with Crippen LogP contribution >= 0.6 is 11.6 Å². The number of methoxy groups -OCH3 is 1. The van der Waals surface area contributed by atoms with Gasteiger partial charge in [-0.05, 0) is 48.9 Å². The highest BCUT2D eigenvalue weighted by Gasteiger charge is 2.12. The second kappa shape index (κ2) is 12.4. The number of carbonyl (C=O) groups excluding carboxylic acids is 3. The summed E-state index contributed by atoms with van der Waals surface area (Å²) in [6, 6.07) is 11.2. The maximum Gasteiger partial charge on any atom is 0.269 e. The van der Waals surface area contributed by atoms with E-state index in [-0.39, 0.29) is 18.9 Å². The van der Waals surface area contributed by atoms with Gasteiger partial charge in [0, 0.05) is 29.1 Å². The maximum atomic E-state index is 12.3. The minimum atomic E-state index is -0.503. The number of amides is 3. The molecule has 2 aromatic carbocycles. The number of unbranched alkanes of at least 4 members (excludes halogenated alkanes) is 1. The summed E-state index contributed by atoms with van der Waals surface area (Å²) >= 11 is 5.78. The van der Waals surface area contributed by atoms with E-state index in [1.807, 2.05) is 0 Å². The van der Waals surface area contributed by atoms with Gasteiger partial charge < -0.3 is 14.8 Å². The molecule has 0 radical (unpaired) electrons. The minimum Gasteiger partial charge on any atom is -0.493 e. The lowest BCUT2D eigenvalue weighted by Crippen LogP contribution is -2.42. The van der Waals surface area contributed by atoms with Gasteiger partial charge in [0.25, 0.3) is 11.8 Å². The Morgan fingerprint density at radius 2 is 1.65 bits per heavy atom. The van der Waals surface area contributed by atoms with Crippen molar-refractivity contribution in [2.75, 3.05) is 20.3 Å². The summed E-state index contributed by atoms with van der Waals surface area (Å²) in [6.45, 7) is 2.74. The number of nitrogens with one attached hydrogen (secondary N) is 3. The number of benzene rings is 2. The molecule has 0 heterocycles. The molecule has 0 aliphatic carbocycles. The maximum absolute atomic E-state index is 12.3. The zero-order chi connectivity index (χ0) is 22.6. The highest BCUT2D eigenvalue weighted by Crippen LogP contribution is 2.28. The Hall–Kier alpha value is -3.26. The number of carbonyl (C=O) groups is 3. The van der Waals surface area contributed by atoms with Crippen LogP contribution in [0, 0.1) is 0 Å². The van der Waals surface area contributed by atoms with Crippen LogP contribution in [0.3, 0.4) is 0 Å². The average Bonchev–Trinajstić information content (AvgIpc) is 2.78. The van der Waals surface area contributed by atoms with Crippen LogP contribution in [0.4, 0.5) is 0 Å². The molecule has 2 rings (SSSR count). The molecule has 0 fully saturated rings. The molecule has 166 valence electrons. The van der Waals surface area contributed by atoms with E-state index in [0.29, 0.717) is 34.3 Å². The first kappa shape index (κ1) is 24.0. The summed E-state index contributed by atoms with van der Waals surface area (Å²) in [6.07, 6.45) is 1.91. The molecule has 0 aliphatic heterocycles. The van der Waals surface area contributed by atoms with Crippen molar-refractivity contribution in [2.45, 2.75) is 26.2 Å². The molecule has 0 unspecified atom stereocenters. The van der Waals surface area contributed by atoms with Gasteiger partial charge in [-0.2, -0.15) is 0 Å². The van der Waals surface area contributed by atoms with Crippen LogP contribution < -0.4 is 25.6 Å². The summed E-state index contributed by atoms with van der Waals surface area (Å²) in [7, 11) is 1.49. The summed E-state index contributed by atoms with van der Waals surface area (Å²) in [4.78, 5) is 36.2. The predicted molar refractivity (Wildman–Crippen MR) is 117 cm³/mol. The number of hydrogen-bond acceptors (Lipinski definition) is 5. The van der Waals surface area contributed by atoms with E-state index in [4.69, 9.17) is 21.1 Å². The topological polar surface area (TPSA) is 106 Å². The molecular weight excluding hydrogens is 422 g/mol. The molecule has 0 saturated carbocycles. The lowest BCUT2D eigenvalue weighted by atomic mass is 10.2. The third-order valence-electron chi connectivity index (χ3n) is 4.24. The highest BCUT2D eigenvalue weighted by molar-refractivity contribution is 6.30. The van der Waals surface area contributed by atoms with Crippen LogP contribution in [0.5, 0.6) is 11.5 Å². The zero-order valence-electron chi connectivity index (χ0n) is 17.5. The van der Waals surface area contributed by atoms with Crippen molar-refractivity contribution in [1.82, 2.24) is 16.2 Å². The molecule has 0 bridgehead atoms. The van der Waals surface area contributed by atoms with E-state index in [2.05, 4.69) is 23.1 Å². The number of ether oxygens (including phenoxy) is 2. The van der Waals surface area contributed by atoms with Crippen molar-refractivity contribution >= 4 is 29.3 Å². The molecule has 31 heavy (non-hydrogen) atoms. The first-order valence-corrected chi connectivity index (χ1v) is 10.3. The fourth-order valence-electron chi connectivity index (χ4n) is 2.51. The van der Waals surface area contributed by atoms with Gasteiger partial charge in [0.1, 0.15) is 0 Å². The first-order valence-electron chi connectivity index (χ1n) is 9.88. The lowest BCUT2D eigenvalue weighted by Gasteiger charge is -2.12. The third kappa shape index (κ3) is 7.82. The summed E-state index contributed by atoms with van der Waals surface area (Å²) in [5, 5.41) is 3.16. The normalized spacial score (nSPS) is 10.2. The quantitative estimate of drug-likeness (QED) is 0.383. The van der Waals surface area contributed by atoms with Gasteiger partial charge in [-0.25, -0.2) is 0 Å². The molecule has 0 aromatic heterocycles. The zero-order valence-corrected chi connectivity index (χ0v) is 18.3. The van der Waals surface area contributed by atoms with Crippen molar-refractivity contribution in [3.05, 3.63) is 58.6 Å². The van der Waals surface area contributed by atoms with Gasteiger partial charge in [-0.1, -0.05) is 24.9 Å². The first-order chi connectivity index (χ1) is 14.9. The van der Waals surface area contributed by atoms with Crippen LogP contribution in [0.2, 0.25) is 5.02 Å². The number of rotatable bonds is 10. The molecule has 0 spiro atoms. The third-order valence-corrected chi connectivity index (χ3v) is 4.49. The van der Waals surface area contributed by atoms with Gasteiger partial charge >= 0.3 is 0 Å². The molecule has 9 heteroatoms. The Labute approximate surface area is 186 Å². The van der Waals surface area contributed by atoms with E-state index in [9.17, 15) is 14.4 Å². The number of halogens is 1. The Balaban J connectivity index is 1.77. The Morgan fingerprint density at radius 3 is 2.32 bits per heavy atom. The van der Waals surface area contributed by atoms with Gasteiger partial charge in [0.2, 0.25) is 5.91 Å². The molecule has 8 nitrogen and oxygen atoms in total. The van der Waals surface area contributed by atoms with Crippen molar-refractivity contribution in [3.63, 3.8) is 0 Å². The van der Waals surface area contributed by atoms with E-state index in [1.54, 1.807) is 36.4 Å². The van der Waals surface area contributed by atoms with Gasteiger partial charge in [0.15, 0.2) is 11.5 Å². The van der Waals surface area contributed by atoms with Crippen LogP contribution in [-0.4, -0.2) is 38.0 Å². The molecule has 0 aliphatic rings. The second-order valence-corrected chi connectivity index (χ2v) is 7.02. The van der Waals surface area contributed by atoms with Gasteiger partial charge in [0.05, 0.1) is 13.7 Å². The SMILES string of the molecule is CCCCOc1ccc(C(=O)NNC(=O)CCNC(=O)c2ccc(Cl)cc2)cc1OC. The largest absolute Gasteiger partial charge is 0.493 e. The number of hydrazine groups is 1. The van der Waals surface area contributed by atoms with Crippen molar-refractivity contribution in [3.8, 4) is 11.5 Å². The summed E-state index contributed by atoms with van der Waals surface area (Å²) < 4.78 is 10.9. The van der Waals surface area contributed by atoms with Crippen molar-refractivity contribution in [1.29, 1.82) is 0 Å². The minimum absolute atomic E-state index is 0.00681. The van der Waals surface area contributed by atoms with Crippen LogP contribution in [0.15, 0.2) is 42.5 Å². The monoisotopic (exact) mass is 447 g/mol. The predicted octanol–water partition coefficient (Wildman–Crippen LogP) is 3.11. The van der Waals surface area contributed by atoms with E-state index in [0.717, 1.165) is 12.8 Å². The number of hydrogen-bond donors (Lipinski definition) is 3. The molecule has 0 atom stereocenters. The van der Waals surface area contributed by atoms with Gasteiger partial charge in [-0.3, -0.25) is 25.2 Å².